The number of carbonyl (C=O) groups excluding carboxylic acids is 1. The van der Waals surface area contributed by atoms with Gasteiger partial charge in [0, 0.05) is 25.2 Å². The number of fused-ring (bicyclic) bond motifs is 1. The highest BCUT2D eigenvalue weighted by atomic mass is 19.1. The first-order chi connectivity index (χ1) is 13.2. The average molecular weight is 368 g/mol. The second-order valence-electron chi connectivity index (χ2n) is 6.61. The maximum atomic E-state index is 12.9. The van der Waals surface area contributed by atoms with Gasteiger partial charge in [0.1, 0.15) is 18.0 Å². The van der Waals surface area contributed by atoms with Crippen molar-refractivity contribution >= 4 is 22.8 Å². The van der Waals surface area contributed by atoms with Crippen molar-refractivity contribution in [2.75, 3.05) is 24.5 Å². The summed E-state index contributed by atoms with van der Waals surface area (Å²) >= 11 is 0. The van der Waals surface area contributed by atoms with Gasteiger partial charge in [-0.15, -0.1) is 0 Å². The van der Waals surface area contributed by atoms with E-state index in [4.69, 9.17) is 0 Å². The molecule has 1 aliphatic rings. The Kier molecular flexibility index (Phi) is 4.95. The maximum absolute atomic E-state index is 12.9. The Morgan fingerprint density at radius 2 is 1.89 bits per heavy atom. The molecule has 3 aromatic rings. The number of carbonyl (C=O) groups is 1. The molecule has 1 aromatic carbocycles. The number of anilines is 1. The van der Waals surface area contributed by atoms with Gasteiger partial charge in [-0.05, 0) is 43.5 Å². The molecule has 4 rings (SSSR count). The third-order valence-corrected chi connectivity index (χ3v) is 4.78. The van der Waals surface area contributed by atoms with E-state index in [1.54, 1.807) is 17.2 Å². The molecule has 1 fully saturated rings. The molecule has 8 heteroatoms. The summed E-state index contributed by atoms with van der Waals surface area (Å²) in [6.07, 6.45) is 6.98. The lowest BCUT2D eigenvalue weighted by Crippen LogP contribution is -2.30. The molecule has 0 unspecified atom stereocenters. The zero-order valence-corrected chi connectivity index (χ0v) is 14.9. The SMILES string of the molecule is O=C(NCCn1ncc2c(N3CCCCC3)ncnc21)c1ccc(F)cc1. The van der Waals surface area contributed by atoms with Gasteiger partial charge in [-0.1, -0.05) is 0 Å². The van der Waals surface area contributed by atoms with Crippen molar-refractivity contribution in [3.05, 3.63) is 48.2 Å². The van der Waals surface area contributed by atoms with Crippen LogP contribution in [0, 0.1) is 5.82 Å². The van der Waals surface area contributed by atoms with Crippen molar-refractivity contribution < 1.29 is 9.18 Å². The first-order valence-corrected chi connectivity index (χ1v) is 9.17. The molecule has 0 radical (unpaired) electrons. The van der Waals surface area contributed by atoms with E-state index in [-0.39, 0.29) is 11.7 Å². The van der Waals surface area contributed by atoms with Crippen LogP contribution in [0.3, 0.4) is 0 Å². The largest absolute Gasteiger partial charge is 0.356 e. The van der Waals surface area contributed by atoms with Gasteiger partial charge >= 0.3 is 0 Å². The normalized spacial score (nSPS) is 14.5. The lowest BCUT2D eigenvalue weighted by molar-refractivity contribution is 0.0952. The van der Waals surface area contributed by atoms with Crippen molar-refractivity contribution in [1.29, 1.82) is 0 Å². The van der Waals surface area contributed by atoms with Crippen molar-refractivity contribution in [3.63, 3.8) is 0 Å². The zero-order chi connectivity index (χ0) is 18.6. The summed E-state index contributed by atoms with van der Waals surface area (Å²) in [4.78, 5) is 23.2. The summed E-state index contributed by atoms with van der Waals surface area (Å²) in [5.74, 6) is 0.329. The third-order valence-electron chi connectivity index (χ3n) is 4.78. The van der Waals surface area contributed by atoms with Crippen LogP contribution in [0.15, 0.2) is 36.8 Å². The molecule has 140 valence electrons. The number of rotatable bonds is 5. The van der Waals surface area contributed by atoms with E-state index in [2.05, 4.69) is 25.3 Å². The van der Waals surface area contributed by atoms with Crippen molar-refractivity contribution in [3.8, 4) is 0 Å². The van der Waals surface area contributed by atoms with Gasteiger partial charge in [0.15, 0.2) is 5.65 Å². The maximum Gasteiger partial charge on any atom is 0.251 e. The van der Waals surface area contributed by atoms with Crippen LogP contribution in [0.4, 0.5) is 10.2 Å². The second-order valence-corrected chi connectivity index (χ2v) is 6.61. The number of amides is 1. The quantitative estimate of drug-likeness (QED) is 0.748. The van der Waals surface area contributed by atoms with Gasteiger partial charge in [0.2, 0.25) is 0 Å². The molecule has 27 heavy (non-hydrogen) atoms. The van der Waals surface area contributed by atoms with Crippen LogP contribution in [0.25, 0.3) is 11.0 Å². The first-order valence-electron chi connectivity index (χ1n) is 9.17. The molecule has 1 saturated heterocycles. The first kappa shape index (κ1) is 17.4. The van der Waals surface area contributed by atoms with Crippen LogP contribution in [0.5, 0.6) is 0 Å². The molecule has 7 nitrogen and oxygen atoms in total. The van der Waals surface area contributed by atoms with Crippen LogP contribution in [0.2, 0.25) is 0 Å². The van der Waals surface area contributed by atoms with E-state index >= 15 is 0 Å². The van der Waals surface area contributed by atoms with E-state index in [1.165, 1.54) is 43.5 Å². The van der Waals surface area contributed by atoms with Gasteiger partial charge in [-0.25, -0.2) is 19.0 Å². The number of aromatic nitrogens is 4. The highest BCUT2D eigenvalue weighted by Crippen LogP contribution is 2.25. The predicted octanol–water partition coefficient (Wildman–Crippen LogP) is 2.39. The summed E-state index contributed by atoms with van der Waals surface area (Å²) in [5, 5.41) is 8.18. The summed E-state index contributed by atoms with van der Waals surface area (Å²) in [5.41, 5.74) is 1.19. The monoisotopic (exact) mass is 368 g/mol. The van der Waals surface area contributed by atoms with Crippen LogP contribution in [-0.4, -0.2) is 45.3 Å². The summed E-state index contributed by atoms with van der Waals surface area (Å²) in [6, 6.07) is 5.47. The van der Waals surface area contributed by atoms with Gasteiger partial charge in [0.25, 0.3) is 5.91 Å². The Balaban J connectivity index is 1.43. The molecular weight excluding hydrogens is 347 g/mol. The Morgan fingerprint density at radius 1 is 1.11 bits per heavy atom. The lowest BCUT2D eigenvalue weighted by Gasteiger charge is -2.27. The fraction of sp³-hybridized carbons (Fsp3) is 0.368. The minimum absolute atomic E-state index is 0.241. The summed E-state index contributed by atoms with van der Waals surface area (Å²) < 4.78 is 14.7. The molecule has 1 N–H and O–H groups in total. The van der Waals surface area contributed by atoms with Crippen molar-refractivity contribution in [2.45, 2.75) is 25.8 Å². The lowest BCUT2D eigenvalue weighted by atomic mass is 10.1. The number of hydrogen-bond acceptors (Lipinski definition) is 5. The molecule has 0 bridgehead atoms. The van der Waals surface area contributed by atoms with Crippen LogP contribution < -0.4 is 10.2 Å². The van der Waals surface area contributed by atoms with Gasteiger partial charge in [-0.3, -0.25) is 4.79 Å². The van der Waals surface area contributed by atoms with E-state index in [0.717, 1.165) is 29.9 Å². The molecule has 0 aliphatic carbocycles. The highest BCUT2D eigenvalue weighted by Gasteiger charge is 2.17. The molecule has 1 amide bonds. The average Bonchev–Trinajstić information content (AvgIpc) is 3.12. The zero-order valence-electron chi connectivity index (χ0n) is 14.9. The Morgan fingerprint density at radius 3 is 2.67 bits per heavy atom. The van der Waals surface area contributed by atoms with Crippen molar-refractivity contribution in [1.82, 2.24) is 25.1 Å². The highest BCUT2D eigenvalue weighted by molar-refractivity contribution is 5.94. The fourth-order valence-electron chi connectivity index (χ4n) is 3.38. The fourth-order valence-corrected chi connectivity index (χ4v) is 3.38. The second kappa shape index (κ2) is 7.69. The van der Waals surface area contributed by atoms with Crippen LogP contribution in [-0.2, 0) is 6.54 Å². The van der Waals surface area contributed by atoms with Gasteiger partial charge in [-0.2, -0.15) is 5.10 Å². The minimum Gasteiger partial charge on any atom is -0.356 e. The smallest absolute Gasteiger partial charge is 0.251 e. The number of benzene rings is 1. The predicted molar refractivity (Wildman–Crippen MR) is 100 cm³/mol. The van der Waals surface area contributed by atoms with Gasteiger partial charge in [0.05, 0.1) is 18.1 Å². The van der Waals surface area contributed by atoms with Crippen LogP contribution >= 0.6 is 0 Å². The Labute approximate surface area is 156 Å². The third kappa shape index (κ3) is 3.74. The van der Waals surface area contributed by atoms with E-state index in [0.29, 0.717) is 18.7 Å². The molecule has 0 atom stereocenters. The standard InChI is InChI=1S/C19H21FN6O/c20-15-6-4-14(5-7-15)19(27)21-8-11-26-18-16(12-24-26)17(22-13-23-18)25-9-2-1-3-10-25/h4-7,12-13H,1-3,8-11H2,(H,21,27). The van der Waals surface area contributed by atoms with E-state index < -0.39 is 0 Å². The van der Waals surface area contributed by atoms with E-state index in [1.807, 2.05) is 0 Å². The number of nitrogens with one attached hydrogen (secondary N) is 1. The number of hydrogen-bond donors (Lipinski definition) is 1. The molecular formula is C19H21FN6O. The number of piperidine rings is 1. The molecule has 0 saturated carbocycles. The summed E-state index contributed by atoms with van der Waals surface area (Å²) in [6.45, 7) is 2.90. The Bertz CT molecular complexity index is 933. The van der Waals surface area contributed by atoms with Crippen LogP contribution in [0.1, 0.15) is 29.6 Å². The molecule has 1 aliphatic heterocycles. The summed E-state index contributed by atoms with van der Waals surface area (Å²) in [7, 11) is 0. The Hall–Kier alpha value is -3.03. The van der Waals surface area contributed by atoms with Crippen molar-refractivity contribution in [2.24, 2.45) is 0 Å². The molecule has 2 aromatic heterocycles. The minimum atomic E-state index is -0.362. The number of halogens is 1. The topological polar surface area (TPSA) is 75.9 Å². The van der Waals surface area contributed by atoms with E-state index in [9.17, 15) is 9.18 Å². The van der Waals surface area contributed by atoms with Gasteiger partial charge < -0.3 is 10.2 Å². The molecule has 0 spiro atoms. The number of nitrogens with zero attached hydrogens (tertiary/aromatic N) is 5. The molecule has 3 heterocycles.